The second-order valence-corrected chi connectivity index (χ2v) is 7.48. The molecule has 0 unspecified atom stereocenters. The highest BCUT2D eigenvalue weighted by molar-refractivity contribution is 6.30. The molecular weight excluding hydrogens is 338 g/mol. The lowest BCUT2D eigenvalue weighted by molar-refractivity contribution is -0.124. The van der Waals surface area contributed by atoms with Gasteiger partial charge in [0.25, 0.3) is 5.91 Å². The Balaban J connectivity index is 2.56. The summed E-state index contributed by atoms with van der Waals surface area (Å²) in [5, 5.41) is 6.96. The molecule has 0 aliphatic carbocycles. The van der Waals surface area contributed by atoms with E-state index in [4.69, 9.17) is 16.3 Å². The number of nitrogens with one attached hydrogen (secondary N) is 2. The third-order valence-electron chi connectivity index (χ3n) is 3.71. The van der Waals surface area contributed by atoms with Crippen molar-refractivity contribution < 1.29 is 9.53 Å². The molecule has 1 aromatic rings. The Bertz CT molecular complexity index is 540. The first-order valence-electron chi connectivity index (χ1n) is 8.90. The van der Waals surface area contributed by atoms with Crippen LogP contribution in [-0.2, 0) is 11.3 Å². The number of amides is 1. The molecule has 0 fully saturated rings. The molecule has 0 heterocycles. The van der Waals surface area contributed by atoms with Crippen LogP contribution in [0.2, 0.25) is 5.02 Å². The minimum Gasteiger partial charge on any atom is -0.483 e. The molecule has 2 N–H and O–H groups in total. The van der Waals surface area contributed by atoms with Crippen molar-refractivity contribution >= 4 is 17.5 Å². The zero-order valence-electron chi connectivity index (χ0n) is 16.1. The van der Waals surface area contributed by atoms with Crippen molar-refractivity contribution in [3.8, 4) is 5.75 Å². The van der Waals surface area contributed by atoms with Crippen LogP contribution in [-0.4, -0.2) is 49.1 Å². The van der Waals surface area contributed by atoms with Crippen molar-refractivity contribution in [1.29, 1.82) is 0 Å². The highest BCUT2D eigenvalue weighted by atomic mass is 35.5. The molecule has 1 rings (SSSR count). The standard InChI is InChI=1S/C19H32ClN3O2/c1-6-23(7-2)11-10-21-13-15-12-16(20)8-9-17(15)25-14-18(24)22-19(3,4)5/h8-9,12,21H,6-7,10-11,13-14H2,1-5H3,(H,22,24). The van der Waals surface area contributed by atoms with E-state index in [1.165, 1.54) is 0 Å². The van der Waals surface area contributed by atoms with E-state index < -0.39 is 0 Å². The molecule has 142 valence electrons. The third-order valence-corrected chi connectivity index (χ3v) is 3.95. The van der Waals surface area contributed by atoms with Crippen LogP contribution in [0.15, 0.2) is 18.2 Å². The number of ether oxygens (including phenoxy) is 1. The van der Waals surface area contributed by atoms with Gasteiger partial charge in [0.05, 0.1) is 0 Å². The topological polar surface area (TPSA) is 53.6 Å². The Kier molecular flexibility index (Phi) is 9.25. The Hall–Kier alpha value is -1.30. The highest BCUT2D eigenvalue weighted by Gasteiger charge is 2.14. The van der Waals surface area contributed by atoms with Crippen LogP contribution in [0.25, 0.3) is 0 Å². The molecule has 0 atom stereocenters. The van der Waals surface area contributed by atoms with Gasteiger partial charge < -0.3 is 20.3 Å². The average Bonchev–Trinajstić information content (AvgIpc) is 2.52. The van der Waals surface area contributed by atoms with Gasteiger partial charge in [-0.05, 0) is 52.1 Å². The molecule has 0 saturated heterocycles. The average molecular weight is 370 g/mol. The number of benzene rings is 1. The van der Waals surface area contributed by atoms with E-state index in [0.717, 1.165) is 31.7 Å². The molecule has 0 aliphatic heterocycles. The molecule has 0 bridgehead atoms. The predicted molar refractivity (Wildman–Crippen MR) is 104 cm³/mol. The number of nitrogens with zero attached hydrogens (tertiary/aromatic N) is 1. The largest absolute Gasteiger partial charge is 0.483 e. The number of carbonyl (C=O) groups excluding carboxylic acids is 1. The third kappa shape index (κ3) is 9.10. The van der Waals surface area contributed by atoms with Gasteiger partial charge in [-0.1, -0.05) is 25.4 Å². The second kappa shape index (κ2) is 10.6. The molecule has 0 radical (unpaired) electrons. The van der Waals surface area contributed by atoms with Crippen LogP contribution in [0.5, 0.6) is 5.75 Å². The smallest absolute Gasteiger partial charge is 0.258 e. The first kappa shape index (κ1) is 21.7. The molecular formula is C19H32ClN3O2. The Morgan fingerprint density at radius 2 is 1.92 bits per heavy atom. The molecule has 0 spiro atoms. The van der Waals surface area contributed by atoms with Gasteiger partial charge in [0, 0.05) is 35.8 Å². The molecule has 6 heteroatoms. The normalized spacial score (nSPS) is 11.6. The first-order valence-corrected chi connectivity index (χ1v) is 9.28. The van der Waals surface area contributed by atoms with E-state index in [9.17, 15) is 4.79 Å². The monoisotopic (exact) mass is 369 g/mol. The van der Waals surface area contributed by atoms with Gasteiger partial charge in [-0.25, -0.2) is 0 Å². The second-order valence-electron chi connectivity index (χ2n) is 7.04. The van der Waals surface area contributed by atoms with Crippen LogP contribution in [0.4, 0.5) is 0 Å². The van der Waals surface area contributed by atoms with Crippen molar-refractivity contribution in [1.82, 2.24) is 15.5 Å². The summed E-state index contributed by atoms with van der Waals surface area (Å²) in [7, 11) is 0. The molecule has 0 aliphatic rings. The van der Waals surface area contributed by atoms with Crippen LogP contribution in [0.1, 0.15) is 40.2 Å². The van der Waals surface area contributed by atoms with Gasteiger partial charge in [0.2, 0.25) is 0 Å². The fraction of sp³-hybridized carbons (Fsp3) is 0.632. The first-order chi connectivity index (χ1) is 11.7. The maximum Gasteiger partial charge on any atom is 0.258 e. The maximum absolute atomic E-state index is 11.9. The molecule has 1 aromatic carbocycles. The van der Waals surface area contributed by atoms with E-state index in [-0.39, 0.29) is 18.1 Å². The molecule has 1 amide bonds. The van der Waals surface area contributed by atoms with Crippen molar-refractivity contribution in [2.45, 2.75) is 46.7 Å². The van der Waals surface area contributed by atoms with Gasteiger partial charge >= 0.3 is 0 Å². The van der Waals surface area contributed by atoms with Gasteiger partial charge in [0.15, 0.2) is 6.61 Å². The Labute approximate surface area is 157 Å². The number of halogens is 1. The lowest BCUT2D eigenvalue weighted by atomic mass is 10.1. The van der Waals surface area contributed by atoms with Crippen LogP contribution in [0.3, 0.4) is 0 Å². The van der Waals surface area contributed by atoms with Gasteiger partial charge in [-0.15, -0.1) is 0 Å². The lowest BCUT2D eigenvalue weighted by Gasteiger charge is -2.21. The van der Waals surface area contributed by atoms with Crippen LogP contribution < -0.4 is 15.4 Å². The number of carbonyl (C=O) groups is 1. The summed E-state index contributed by atoms with van der Waals surface area (Å²) in [6.07, 6.45) is 0. The van der Waals surface area contributed by atoms with Crippen molar-refractivity contribution in [3.63, 3.8) is 0 Å². The van der Waals surface area contributed by atoms with E-state index in [0.29, 0.717) is 17.3 Å². The molecule has 0 aromatic heterocycles. The molecule has 0 saturated carbocycles. The quantitative estimate of drug-likeness (QED) is 0.622. The Morgan fingerprint density at radius 3 is 2.52 bits per heavy atom. The minimum absolute atomic E-state index is 0.00858. The number of hydrogen-bond acceptors (Lipinski definition) is 4. The predicted octanol–water partition coefficient (Wildman–Crippen LogP) is 3.06. The fourth-order valence-corrected chi connectivity index (χ4v) is 2.62. The summed E-state index contributed by atoms with van der Waals surface area (Å²) in [5.41, 5.74) is 0.686. The highest BCUT2D eigenvalue weighted by Crippen LogP contribution is 2.23. The summed E-state index contributed by atoms with van der Waals surface area (Å²) in [6, 6.07) is 5.47. The van der Waals surface area contributed by atoms with Crippen molar-refractivity contribution in [2.75, 3.05) is 32.8 Å². The van der Waals surface area contributed by atoms with Crippen molar-refractivity contribution in [3.05, 3.63) is 28.8 Å². The van der Waals surface area contributed by atoms with E-state index in [1.54, 1.807) is 6.07 Å². The minimum atomic E-state index is -0.269. The summed E-state index contributed by atoms with van der Waals surface area (Å²) in [4.78, 5) is 14.3. The number of likely N-dealkylation sites (N-methyl/N-ethyl adjacent to an activating group) is 1. The SMILES string of the molecule is CCN(CC)CCNCc1cc(Cl)ccc1OCC(=O)NC(C)(C)C. The summed E-state index contributed by atoms with van der Waals surface area (Å²) in [6.45, 7) is 14.8. The number of hydrogen-bond donors (Lipinski definition) is 2. The molecule has 5 nitrogen and oxygen atoms in total. The van der Waals surface area contributed by atoms with E-state index >= 15 is 0 Å². The van der Waals surface area contributed by atoms with E-state index in [2.05, 4.69) is 29.4 Å². The number of rotatable bonds is 10. The van der Waals surface area contributed by atoms with Gasteiger partial charge in [-0.2, -0.15) is 0 Å². The van der Waals surface area contributed by atoms with Gasteiger partial charge in [-0.3, -0.25) is 4.79 Å². The van der Waals surface area contributed by atoms with Crippen LogP contribution in [0, 0.1) is 0 Å². The summed E-state index contributed by atoms with van der Waals surface area (Å²) < 4.78 is 5.70. The van der Waals surface area contributed by atoms with E-state index in [1.807, 2.05) is 32.9 Å². The lowest BCUT2D eigenvalue weighted by Crippen LogP contribution is -2.43. The zero-order valence-corrected chi connectivity index (χ0v) is 16.9. The van der Waals surface area contributed by atoms with Gasteiger partial charge in [0.1, 0.15) is 5.75 Å². The summed E-state index contributed by atoms with van der Waals surface area (Å²) >= 11 is 6.10. The van der Waals surface area contributed by atoms with Crippen LogP contribution >= 0.6 is 11.6 Å². The summed E-state index contributed by atoms with van der Waals surface area (Å²) in [5.74, 6) is 0.548. The fourth-order valence-electron chi connectivity index (χ4n) is 2.42. The Morgan fingerprint density at radius 1 is 1.24 bits per heavy atom. The van der Waals surface area contributed by atoms with Crippen molar-refractivity contribution in [2.24, 2.45) is 0 Å². The zero-order chi connectivity index (χ0) is 18.9. The molecule has 25 heavy (non-hydrogen) atoms. The maximum atomic E-state index is 11.9.